The van der Waals surface area contributed by atoms with Crippen LogP contribution >= 0.6 is 0 Å². The number of hydrazone groups is 1. The van der Waals surface area contributed by atoms with Crippen molar-refractivity contribution in [2.45, 2.75) is 20.3 Å². The van der Waals surface area contributed by atoms with Crippen LogP contribution in [-0.4, -0.2) is 30.6 Å². The van der Waals surface area contributed by atoms with Crippen molar-refractivity contribution in [1.29, 1.82) is 0 Å². The standard InChI is InChI=1S/C21H22N4O3/c1-5-15-6-9-17(10-7-15)24-21(26)18(14(2)22-24)12-16-8-11-19(23(3)4)20(13-16)25(27)28/h6-13H,5H2,1-4H3. The van der Waals surface area contributed by atoms with Crippen LogP contribution in [-0.2, 0) is 11.2 Å². The smallest absolute Gasteiger partial charge is 0.293 e. The van der Waals surface area contributed by atoms with Crippen molar-refractivity contribution in [3.63, 3.8) is 0 Å². The van der Waals surface area contributed by atoms with Crippen LogP contribution in [0.2, 0.25) is 0 Å². The molecule has 28 heavy (non-hydrogen) atoms. The zero-order chi connectivity index (χ0) is 20.4. The van der Waals surface area contributed by atoms with Crippen LogP contribution in [0.1, 0.15) is 25.0 Å². The Morgan fingerprint density at radius 1 is 1.18 bits per heavy atom. The first-order valence-electron chi connectivity index (χ1n) is 8.98. The first-order valence-corrected chi connectivity index (χ1v) is 8.98. The van der Waals surface area contributed by atoms with Gasteiger partial charge in [0.1, 0.15) is 5.69 Å². The van der Waals surface area contributed by atoms with Crippen LogP contribution in [0.25, 0.3) is 6.08 Å². The molecule has 0 bridgehead atoms. The van der Waals surface area contributed by atoms with E-state index in [1.165, 1.54) is 16.6 Å². The highest BCUT2D eigenvalue weighted by Gasteiger charge is 2.29. The Hall–Kier alpha value is -3.48. The molecule has 0 aliphatic carbocycles. The lowest BCUT2D eigenvalue weighted by molar-refractivity contribution is -0.384. The van der Waals surface area contributed by atoms with E-state index in [9.17, 15) is 14.9 Å². The van der Waals surface area contributed by atoms with Gasteiger partial charge in [0.25, 0.3) is 11.6 Å². The molecule has 3 rings (SSSR count). The molecule has 1 aliphatic heterocycles. The number of nitro benzene ring substituents is 1. The van der Waals surface area contributed by atoms with Crippen LogP contribution in [0, 0.1) is 10.1 Å². The van der Waals surface area contributed by atoms with E-state index in [1.54, 1.807) is 44.1 Å². The van der Waals surface area contributed by atoms with E-state index in [0.717, 1.165) is 6.42 Å². The van der Waals surface area contributed by atoms with E-state index in [1.807, 2.05) is 24.3 Å². The number of benzene rings is 2. The van der Waals surface area contributed by atoms with Crippen molar-refractivity contribution in [2.24, 2.45) is 5.10 Å². The van der Waals surface area contributed by atoms with E-state index in [-0.39, 0.29) is 11.6 Å². The van der Waals surface area contributed by atoms with E-state index < -0.39 is 4.92 Å². The van der Waals surface area contributed by atoms with Crippen molar-refractivity contribution in [3.05, 3.63) is 69.3 Å². The number of nitrogens with zero attached hydrogens (tertiary/aromatic N) is 4. The number of hydrogen-bond donors (Lipinski definition) is 0. The normalized spacial score (nSPS) is 15.1. The van der Waals surface area contributed by atoms with Gasteiger partial charge in [0.15, 0.2) is 0 Å². The third-order valence-corrected chi connectivity index (χ3v) is 4.64. The van der Waals surface area contributed by atoms with Crippen LogP contribution in [0.5, 0.6) is 0 Å². The molecule has 0 unspecified atom stereocenters. The minimum Gasteiger partial charge on any atom is -0.372 e. The molecule has 0 radical (unpaired) electrons. The first-order chi connectivity index (χ1) is 13.3. The Labute approximate surface area is 163 Å². The number of anilines is 2. The Balaban J connectivity index is 1.94. The van der Waals surface area contributed by atoms with Crippen LogP contribution in [0.3, 0.4) is 0 Å². The number of rotatable bonds is 5. The fraction of sp³-hybridized carbons (Fsp3) is 0.238. The molecular formula is C21H22N4O3. The molecule has 2 aromatic carbocycles. The van der Waals surface area contributed by atoms with Gasteiger partial charge in [-0.05, 0) is 48.7 Å². The molecule has 1 aliphatic rings. The summed E-state index contributed by atoms with van der Waals surface area (Å²) in [6.45, 7) is 3.83. The topological polar surface area (TPSA) is 79.1 Å². The van der Waals surface area contributed by atoms with Gasteiger partial charge in [-0.25, -0.2) is 0 Å². The summed E-state index contributed by atoms with van der Waals surface area (Å²) in [5.41, 5.74) is 3.95. The van der Waals surface area contributed by atoms with Crippen LogP contribution < -0.4 is 9.91 Å². The zero-order valence-corrected chi connectivity index (χ0v) is 16.3. The van der Waals surface area contributed by atoms with Gasteiger partial charge in [-0.1, -0.05) is 25.1 Å². The maximum Gasteiger partial charge on any atom is 0.293 e. The largest absolute Gasteiger partial charge is 0.372 e. The number of carbonyl (C=O) groups excluding carboxylic acids is 1. The fourth-order valence-corrected chi connectivity index (χ4v) is 3.05. The molecule has 0 aromatic heterocycles. The second kappa shape index (κ2) is 7.64. The molecular weight excluding hydrogens is 356 g/mol. The lowest BCUT2D eigenvalue weighted by atomic mass is 10.1. The highest BCUT2D eigenvalue weighted by molar-refractivity contribution is 6.32. The molecule has 0 saturated heterocycles. The maximum absolute atomic E-state index is 12.9. The van der Waals surface area contributed by atoms with Crippen molar-refractivity contribution in [3.8, 4) is 0 Å². The van der Waals surface area contributed by atoms with E-state index >= 15 is 0 Å². The van der Waals surface area contributed by atoms with Crippen molar-refractivity contribution in [1.82, 2.24) is 0 Å². The minimum atomic E-state index is -0.420. The fourth-order valence-electron chi connectivity index (χ4n) is 3.05. The van der Waals surface area contributed by atoms with Gasteiger partial charge in [0.05, 0.1) is 21.9 Å². The van der Waals surface area contributed by atoms with Gasteiger partial charge in [-0.3, -0.25) is 14.9 Å². The number of nitro groups is 1. The quantitative estimate of drug-likeness (QED) is 0.447. The molecule has 0 spiro atoms. The molecule has 0 fully saturated rings. The summed E-state index contributed by atoms with van der Waals surface area (Å²) in [5.74, 6) is -0.249. The third kappa shape index (κ3) is 3.64. The molecule has 144 valence electrons. The summed E-state index contributed by atoms with van der Waals surface area (Å²) in [7, 11) is 3.50. The van der Waals surface area contributed by atoms with E-state index in [0.29, 0.717) is 28.2 Å². The monoisotopic (exact) mass is 378 g/mol. The lowest BCUT2D eigenvalue weighted by Gasteiger charge is -2.13. The Morgan fingerprint density at radius 2 is 1.86 bits per heavy atom. The number of hydrogen-bond acceptors (Lipinski definition) is 5. The molecule has 0 saturated carbocycles. The summed E-state index contributed by atoms with van der Waals surface area (Å²) in [5, 5.41) is 17.1. The van der Waals surface area contributed by atoms with Crippen molar-refractivity contribution >= 4 is 34.8 Å². The van der Waals surface area contributed by atoms with Crippen LogP contribution in [0.15, 0.2) is 53.1 Å². The van der Waals surface area contributed by atoms with E-state index in [2.05, 4.69) is 12.0 Å². The summed E-state index contributed by atoms with van der Waals surface area (Å²) in [6.07, 6.45) is 2.57. The van der Waals surface area contributed by atoms with Gasteiger partial charge in [-0.2, -0.15) is 10.1 Å². The summed E-state index contributed by atoms with van der Waals surface area (Å²) in [6, 6.07) is 12.6. The Morgan fingerprint density at radius 3 is 2.43 bits per heavy atom. The Bertz CT molecular complexity index is 991. The van der Waals surface area contributed by atoms with Crippen molar-refractivity contribution < 1.29 is 9.72 Å². The lowest BCUT2D eigenvalue weighted by Crippen LogP contribution is -2.21. The van der Waals surface area contributed by atoms with Gasteiger partial charge in [0.2, 0.25) is 0 Å². The Kier molecular flexibility index (Phi) is 5.26. The zero-order valence-electron chi connectivity index (χ0n) is 16.3. The minimum absolute atomic E-state index is 0.00796. The number of amides is 1. The highest BCUT2D eigenvalue weighted by atomic mass is 16.6. The predicted molar refractivity (Wildman–Crippen MR) is 112 cm³/mol. The second-order valence-corrected chi connectivity index (χ2v) is 6.78. The van der Waals surface area contributed by atoms with Crippen molar-refractivity contribution in [2.75, 3.05) is 24.0 Å². The summed E-state index contributed by atoms with van der Waals surface area (Å²) in [4.78, 5) is 25.5. The molecule has 0 N–H and O–H groups in total. The summed E-state index contributed by atoms with van der Waals surface area (Å²) >= 11 is 0. The van der Waals surface area contributed by atoms with Gasteiger partial charge in [-0.15, -0.1) is 0 Å². The molecule has 7 nitrogen and oxygen atoms in total. The highest BCUT2D eigenvalue weighted by Crippen LogP contribution is 2.30. The third-order valence-electron chi connectivity index (χ3n) is 4.64. The first kappa shape index (κ1) is 19.3. The van der Waals surface area contributed by atoms with Gasteiger partial charge in [0, 0.05) is 20.2 Å². The SMILES string of the molecule is CCc1ccc(N2N=C(C)C(=Cc3ccc(N(C)C)c([N+](=O)[O-])c3)C2=O)cc1. The number of aryl methyl sites for hydroxylation is 1. The molecule has 2 aromatic rings. The van der Waals surface area contributed by atoms with Gasteiger partial charge < -0.3 is 4.90 Å². The molecule has 0 atom stereocenters. The molecule has 1 amide bonds. The predicted octanol–water partition coefficient (Wildman–Crippen LogP) is 4.03. The van der Waals surface area contributed by atoms with E-state index in [4.69, 9.17) is 0 Å². The summed E-state index contributed by atoms with van der Waals surface area (Å²) < 4.78 is 0. The maximum atomic E-state index is 12.9. The molecule has 1 heterocycles. The average Bonchev–Trinajstić information content (AvgIpc) is 2.96. The van der Waals surface area contributed by atoms with Crippen LogP contribution in [0.4, 0.5) is 17.1 Å². The second-order valence-electron chi connectivity index (χ2n) is 6.78. The van der Waals surface area contributed by atoms with Gasteiger partial charge >= 0.3 is 0 Å². The average molecular weight is 378 g/mol. The molecule has 7 heteroatoms. The number of carbonyl (C=O) groups is 1.